The number of nitrogens with zero attached hydrogens (tertiary/aromatic N) is 2. The highest BCUT2D eigenvalue weighted by atomic mass is 16.5. The minimum Gasteiger partial charge on any atom is -0.484 e. The molecule has 1 unspecified atom stereocenters. The number of guanidine groups is 1. The number of nitrogens with two attached hydrogens (primary N) is 1. The Hall–Kier alpha value is -2.24. The topological polar surface area (TPSA) is 80.0 Å². The standard InChI is InChI=1S/C18H28N4O2/c1-3-20-18(22-9-5-6-14(2)12-22)21-11-15-7-4-8-16(10-15)24-13-17(19)23/h4,7-8,10,14H,3,5-6,9,11-13H2,1-2H3,(H2,19,23)(H,20,21). The van der Waals surface area contributed by atoms with E-state index in [1.165, 1.54) is 12.8 Å². The summed E-state index contributed by atoms with van der Waals surface area (Å²) in [4.78, 5) is 17.9. The first-order valence-electron chi connectivity index (χ1n) is 8.61. The Morgan fingerprint density at radius 2 is 2.33 bits per heavy atom. The fourth-order valence-electron chi connectivity index (χ4n) is 2.86. The van der Waals surface area contributed by atoms with Crippen LogP contribution in [0.25, 0.3) is 0 Å². The van der Waals surface area contributed by atoms with Gasteiger partial charge in [0.15, 0.2) is 12.6 Å². The minimum absolute atomic E-state index is 0.110. The van der Waals surface area contributed by atoms with Crippen molar-refractivity contribution in [2.24, 2.45) is 16.6 Å². The molecule has 0 radical (unpaired) electrons. The summed E-state index contributed by atoms with van der Waals surface area (Å²) in [7, 11) is 0. The van der Waals surface area contributed by atoms with Gasteiger partial charge in [0.05, 0.1) is 6.54 Å². The van der Waals surface area contributed by atoms with Crippen molar-refractivity contribution in [3.05, 3.63) is 29.8 Å². The number of carbonyl (C=O) groups excluding carboxylic acids is 1. The van der Waals surface area contributed by atoms with Crippen molar-refractivity contribution in [2.45, 2.75) is 33.2 Å². The summed E-state index contributed by atoms with van der Waals surface area (Å²) in [6.45, 7) is 7.79. The van der Waals surface area contributed by atoms with Crippen molar-refractivity contribution < 1.29 is 9.53 Å². The maximum atomic E-state index is 10.8. The number of hydrogen-bond donors (Lipinski definition) is 2. The van der Waals surface area contributed by atoms with Gasteiger partial charge in [-0.2, -0.15) is 0 Å². The molecule has 0 saturated carbocycles. The van der Waals surface area contributed by atoms with E-state index in [-0.39, 0.29) is 6.61 Å². The van der Waals surface area contributed by atoms with E-state index in [2.05, 4.69) is 24.1 Å². The lowest BCUT2D eigenvalue weighted by atomic mass is 10.0. The summed E-state index contributed by atoms with van der Waals surface area (Å²) in [5, 5.41) is 3.38. The molecule has 2 rings (SSSR count). The van der Waals surface area contributed by atoms with Crippen molar-refractivity contribution in [1.29, 1.82) is 0 Å². The molecule has 1 amide bonds. The third kappa shape index (κ3) is 5.76. The second-order valence-electron chi connectivity index (χ2n) is 6.27. The molecule has 1 fully saturated rings. The summed E-state index contributed by atoms with van der Waals surface area (Å²) < 4.78 is 5.34. The van der Waals surface area contributed by atoms with Crippen LogP contribution < -0.4 is 15.8 Å². The molecule has 132 valence electrons. The Labute approximate surface area is 144 Å². The Morgan fingerprint density at radius 3 is 3.04 bits per heavy atom. The Bertz CT molecular complexity index is 574. The lowest BCUT2D eigenvalue weighted by molar-refractivity contribution is -0.119. The van der Waals surface area contributed by atoms with Crippen LogP contribution in [0.2, 0.25) is 0 Å². The van der Waals surface area contributed by atoms with E-state index in [4.69, 9.17) is 15.5 Å². The van der Waals surface area contributed by atoms with Gasteiger partial charge in [0.2, 0.25) is 0 Å². The zero-order valence-corrected chi connectivity index (χ0v) is 14.6. The summed E-state index contributed by atoms with van der Waals surface area (Å²) in [6, 6.07) is 7.61. The van der Waals surface area contributed by atoms with Gasteiger partial charge < -0.3 is 20.7 Å². The summed E-state index contributed by atoms with van der Waals surface area (Å²) in [6.07, 6.45) is 2.50. The van der Waals surface area contributed by atoms with Crippen molar-refractivity contribution in [1.82, 2.24) is 10.2 Å². The smallest absolute Gasteiger partial charge is 0.255 e. The largest absolute Gasteiger partial charge is 0.484 e. The first kappa shape index (κ1) is 18.1. The van der Waals surface area contributed by atoms with E-state index in [1.54, 1.807) is 0 Å². The molecular weight excluding hydrogens is 304 g/mol. The van der Waals surface area contributed by atoms with E-state index in [9.17, 15) is 4.79 Å². The van der Waals surface area contributed by atoms with Gasteiger partial charge in [-0.1, -0.05) is 19.1 Å². The predicted octanol–water partition coefficient (Wildman–Crippen LogP) is 1.75. The zero-order chi connectivity index (χ0) is 17.4. The van der Waals surface area contributed by atoms with Gasteiger partial charge >= 0.3 is 0 Å². The average Bonchev–Trinajstić information content (AvgIpc) is 2.57. The quantitative estimate of drug-likeness (QED) is 0.614. The van der Waals surface area contributed by atoms with E-state index in [1.807, 2.05) is 24.3 Å². The van der Waals surface area contributed by atoms with Crippen LogP contribution >= 0.6 is 0 Å². The number of nitrogens with one attached hydrogen (secondary N) is 1. The molecule has 1 aromatic carbocycles. The number of amides is 1. The van der Waals surface area contributed by atoms with Crippen molar-refractivity contribution in [3.63, 3.8) is 0 Å². The van der Waals surface area contributed by atoms with Crippen LogP contribution in [0.3, 0.4) is 0 Å². The number of hydrogen-bond acceptors (Lipinski definition) is 3. The van der Waals surface area contributed by atoms with Gasteiger partial charge in [0.25, 0.3) is 5.91 Å². The summed E-state index contributed by atoms with van der Waals surface area (Å²) >= 11 is 0. The Kier molecular flexibility index (Phi) is 6.90. The third-order valence-corrected chi connectivity index (χ3v) is 3.98. The van der Waals surface area contributed by atoms with Gasteiger partial charge in [0.1, 0.15) is 5.75 Å². The van der Waals surface area contributed by atoms with E-state index in [0.29, 0.717) is 18.2 Å². The Balaban J connectivity index is 2.02. The molecule has 1 aliphatic rings. The van der Waals surface area contributed by atoms with Crippen LogP contribution in [0, 0.1) is 5.92 Å². The second kappa shape index (κ2) is 9.15. The number of benzene rings is 1. The maximum absolute atomic E-state index is 10.8. The van der Waals surface area contributed by atoms with Crippen LogP contribution in [-0.4, -0.2) is 43.0 Å². The van der Waals surface area contributed by atoms with Gasteiger partial charge in [-0.05, 0) is 43.4 Å². The average molecular weight is 332 g/mol. The molecule has 1 heterocycles. The number of carbonyl (C=O) groups is 1. The van der Waals surface area contributed by atoms with Gasteiger partial charge in [-0.15, -0.1) is 0 Å². The van der Waals surface area contributed by atoms with Gasteiger partial charge in [0, 0.05) is 19.6 Å². The summed E-state index contributed by atoms with van der Waals surface area (Å²) in [5.74, 6) is 1.82. The predicted molar refractivity (Wildman–Crippen MR) is 95.9 cm³/mol. The number of piperidine rings is 1. The van der Waals surface area contributed by atoms with E-state index < -0.39 is 5.91 Å². The number of aliphatic imine (C=N–C) groups is 1. The van der Waals surface area contributed by atoms with Crippen LogP contribution in [0.5, 0.6) is 5.75 Å². The van der Waals surface area contributed by atoms with Crippen molar-refractivity contribution in [2.75, 3.05) is 26.2 Å². The van der Waals surface area contributed by atoms with Crippen LogP contribution in [-0.2, 0) is 11.3 Å². The van der Waals surface area contributed by atoms with Crippen LogP contribution in [0.4, 0.5) is 0 Å². The molecule has 6 heteroatoms. The molecule has 0 bridgehead atoms. The van der Waals surface area contributed by atoms with Gasteiger partial charge in [-0.3, -0.25) is 4.79 Å². The second-order valence-corrected chi connectivity index (χ2v) is 6.27. The first-order chi connectivity index (χ1) is 11.6. The fourth-order valence-corrected chi connectivity index (χ4v) is 2.86. The molecule has 0 spiro atoms. The molecule has 1 saturated heterocycles. The molecule has 0 aliphatic carbocycles. The fraction of sp³-hybridized carbons (Fsp3) is 0.556. The highest BCUT2D eigenvalue weighted by Gasteiger charge is 2.19. The number of primary amides is 1. The minimum atomic E-state index is -0.480. The van der Waals surface area contributed by atoms with E-state index in [0.717, 1.165) is 31.2 Å². The van der Waals surface area contributed by atoms with Crippen LogP contribution in [0.1, 0.15) is 32.3 Å². The molecule has 0 aromatic heterocycles. The SMILES string of the molecule is CCNC(=NCc1cccc(OCC(N)=O)c1)N1CCCC(C)C1. The van der Waals surface area contributed by atoms with Crippen LogP contribution in [0.15, 0.2) is 29.3 Å². The monoisotopic (exact) mass is 332 g/mol. The van der Waals surface area contributed by atoms with Gasteiger partial charge in [-0.25, -0.2) is 4.99 Å². The lowest BCUT2D eigenvalue weighted by Crippen LogP contribution is -2.46. The van der Waals surface area contributed by atoms with E-state index >= 15 is 0 Å². The molecule has 1 aliphatic heterocycles. The Morgan fingerprint density at radius 1 is 1.50 bits per heavy atom. The van der Waals surface area contributed by atoms with Crippen molar-refractivity contribution in [3.8, 4) is 5.75 Å². The number of rotatable bonds is 6. The highest BCUT2D eigenvalue weighted by Crippen LogP contribution is 2.17. The molecule has 3 N–H and O–H groups in total. The maximum Gasteiger partial charge on any atom is 0.255 e. The van der Waals surface area contributed by atoms with Crippen molar-refractivity contribution >= 4 is 11.9 Å². The lowest BCUT2D eigenvalue weighted by Gasteiger charge is -2.33. The molecular formula is C18H28N4O2. The molecule has 1 atom stereocenters. The third-order valence-electron chi connectivity index (χ3n) is 3.98. The number of ether oxygens (including phenoxy) is 1. The highest BCUT2D eigenvalue weighted by molar-refractivity contribution is 5.80. The summed E-state index contributed by atoms with van der Waals surface area (Å²) in [5.41, 5.74) is 6.14. The molecule has 1 aromatic rings. The zero-order valence-electron chi connectivity index (χ0n) is 14.6. The number of likely N-dealkylation sites (tertiary alicyclic amines) is 1. The molecule has 6 nitrogen and oxygen atoms in total. The first-order valence-corrected chi connectivity index (χ1v) is 8.61. The molecule has 24 heavy (non-hydrogen) atoms. The normalized spacial score (nSPS) is 18.3.